The van der Waals surface area contributed by atoms with E-state index in [1.54, 1.807) is 0 Å². The zero-order chi connectivity index (χ0) is 19.9. The molecule has 4 rings (SSSR count). The van der Waals surface area contributed by atoms with Crippen molar-refractivity contribution in [3.8, 4) is 0 Å². The van der Waals surface area contributed by atoms with E-state index in [2.05, 4.69) is 48.1 Å². The molecule has 3 heterocycles. The monoisotopic (exact) mass is 382 g/mol. The fourth-order valence-electron chi connectivity index (χ4n) is 4.46. The maximum atomic E-state index is 13.1. The molecule has 1 fully saturated rings. The van der Waals surface area contributed by atoms with Crippen molar-refractivity contribution in [1.82, 2.24) is 20.1 Å². The van der Waals surface area contributed by atoms with Gasteiger partial charge in [-0.05, 0) is 11.5 Å². The van der Waals surface area contributed by atoms with E-state index in [4.69, 9.17) is 0 Å². The largest absolute Gasteiger partial charge is 0.358 e. The number of nitrogens with zero attached hydrogens (tertiary/aromatic N) is 2. The minimum Gasteiger partial charge on any atom is -0.358 e. The van der Waals surface area contributed by atoms with E-state index >= 15 is 0 Å². The fraction of sp³-hybridized carbons (Fsp3) is 0.545. The zero-order valence-electron chi connectivity index (χ0n) is 17.0. The van der Waals surface area contributed by atoms with Gasteiger partial charge in [0.15, 0.2) is 0 Å². The Morgan fingerprint density at radius 3 is 2.79 bits per heavy atom. The number of aromatic amines is 1. The molecule has 1 atom stereocenters. The summed E-state index contributed by atoms with van der Waals surface area (Å²) in [6.45, 7) is 10.1. The van der Waals surface area contributed by atoms with Crippen LogP contribution in [0.15, 0.2) is 24.3 Å². The standard InChI is InChI=1S/C22H30N4O2/c1-22(2,3)14-26-11-9-23-21(28)19(26)12-20(27)25-10-8-18-16(13-25)15-6-4-5-7-17(15)24-18/h4-7,19,24H,8-14H2,1-3H3,(H,23,28)/t19-/m0/s1. The first-order valence-corrected chi connectivity index (χ1v) is 10.2. The molecule has 1 aromatic heterocycles. The van der Waals surface area contributed by atoms with Gasteiger partial charge in [-0.3, -0.25) is 14.5 Å². The molecule has 0 unspecified atom stereocenters. The highest BCUT2D eigenvalue weighted by Crippen LogP contribution is 2.28. The Hall–Kier alpha value is -2.34. The molecule has 6 nitrogen and oxygen atoms in total. The van der Waals surface area contributed by atoms with Crippen LogP contribution in [0, 0.1) is 5.41 Å². The highest BCUT2D eigenvalue weighted by Gasteiger charge is 2.35. The summed E-state index contributed by atoms with van der Waals surface area (Å²) >= 11 is 0. The third-order valence-corrected chi connectivity index (χ3v) is 5.72. The summed E-state index contributed by atoms with van der Waals surface area (Å²) in [6, 6.07) is 7.88. The average Bonchev–Trinajstić information content (AvgIpc) is 3.01. The van der Waals surface area contributed by atoms with Crippen molar-refractivity contribution in [3.63, 3.8) is 0 Å². The minimum atomic E-state index is -0.371. The summed E-state index contributed by atoms with van der Waals surface area (Å²) in [5.41, 5.74) is 3.66. The molecule has 0 spiro atoms. The Bertz CT molecular complexity index is 896. The molecule has 2 amide bonds. The Kier molecular flexibility index (Phi) is 4.91. The summed E-state index contributed by atoms with van der Waals surface area (Å²) in [5, 5.41) is 4.13. The van der Waals surface area contributed by atoms with E-state index in [0.717, 1.165) is 25.0 Å². The fourth-order valence-corrected chi connectivity index (χ4v) is 4.46. The molecule has 0 radical (unpaired) electrons. The predicted octanol–water partition coefficient (Wildman–Crippen LogP) is 2.29. The van der Waals surface area contributed by atoms with Crippen molar-refractivity contribution < 1.29 is 9.59 Å². The van der Waals surface area contributed by atoms with Crippen molar-refractivity contribution in [3.05, 3.63) is 35.5 Å². The number of H-pyrrole nitrogens is 1. The Morgan fingerprint density at radius 2 is 2.00 bits per heavy atom. The van der Waals surface area contributed by atoms with Crippen LogP contribution in [0.4, 0.5) is 0 Å². The highest BCUT2D eigenvalue weighted by molar-refractivity contribution is 5.90. The van der Waals surface area contributed by atoms with Crippen molar-refractivity contribution >= 4 is 22.7 Å². The second kappa shape index (κ2) is 7.24. The molecule has 2 aliphatic heterocycles. The van der Waals surface area contributed by atoms with Crippen LogP contribution in [0.25, 0.3) is 10.9 Å². The average molecular weight is 383 g/mol. The Balaban J connectivity index is 1.49. The number of hydrogen-bond acceptors (Lipinski definition) is 3. The second-order valence-electron chi connectivity index (χ2n) is 9.24. The van der Waals surface area contributed by atoms with Crippen LogP contribution in [0.5, 0.6) is 0 Å². The van der Waals surface area contributed by atoms with Crippen molar-refractivity contribution in [2.75, 3.05) is 26.2 Å². The van der Waals surface area contributed by atoms with Gasteiger partial charge in [-0.1, -0.05) is 39.0 Å². The maximum Gasteiger partial charge on any atom is 0.237 e. The first-order valence-electron chi connectivity index (χ1n) is 10.2. The molecule has 0 bridgehead atoms. The van der Waals surface area contributed by atoms with Crippen LogP contribution in [0.3, 0.4) is 0 Å². The number of rotatable bonds is 3. The molecule has 28 heavy (non-hydrogen) atoms. The highest BCUT2D eigenvalue weighted by atomic mass is 16.2. The molecule has 150 valence electrons. The molecule has 1 saturated heterocycles. The van der Waals surface area contributed by atoms with Gasteiger partial charge in [0.25, 0.3) is 0 Å². The topological polar surface area (TPSA) is 68.4 Å². The number of nitrogens with one attached hydrogen (secondary N) is 2. The second-order valence-corrected chi connectivity index (χ2v) is 9.24. The van der Waals surface area contributed by atoms with Gasteiger partial charge in [-0.15, -0.1) is 0 Å². The lowest BCUT2D eigenvalue weighted by Crippen LogP contribution is -2.58. The van der Waals surface area contributed by atoms with Gasteiger partial charge >= 0.3 is 0 Å². The molecule has 0 saturated carbocycles. The number of aromatic nitrogens is 1. The van der Waals surface area contributed by atoms with Crippen LogP contribution < -0.4 is 5.32 Å². The van der Waals surface area contributed by atoms with Crippen LogP contribution in [-0.2, 0) is 22.6 Å². The van der Waals surface area contributed by atoms with E-state index < -0.39 is 0 Å². The van der Waals surface area contributed by atoms with Gasteiger partial charge < -0.3 is 15.2 Å². The third-order valence-electron chi connectivity index (χ3n) is 5.72. The quantitative estimate of drug-likeness (QED) is 0.856. The lowest BCUT2D eigenvalue weighted by atomic mass is 9.94. The summed E-state index contributed by atoms with van der Waals surface area (Å²) in [5.74, 6) is 0.0468. The smallest absolute Gasteiger partial charge is 0.237 e. The van der Waals surface area contributed by atoms with Crippen LogP contribution in [-0.4, -0.2) is 58.8 Å². The number of para-hydroxylation sites is 1. The van der Waals surface area contributed by atoms with Gasteiger partial charge in [0.05, 0.1) is 12.5 Å². The molecule has 2 aliphatic rings. The summed E-state index contributed by atoms with van der Waals surface area (Å²) in [6.07, 6.45) is 1.08. The van der Waals surface area contributed by atoms with Crippen LogP contribution in [0.2, 0.25) is 0 Å². The predicted molar refractivity (Wildman–Crippen MR) is 110 cm³/mol. The van der Waals surface area contributed by atoms with E-state index in [1.165, 1.54) is 16.6 Å². The number of piperazine rings is 1. The molecule has 0 aliphatic carbocycles. The Morgan fingerprint density at radius 1 is 1.21 bits per heavy atom. The molecule has 1 aromatic carbocycles. The first-order chi connectivity index (χ1) is 13.3. The first kappa shape index (κ1) is 19.0. The number of hydrogen-bond donors (Lipinski definition) is 2. The molecule has 2 N–H and O–H groups in total. The van der Waals surface area contributed by atoms with E-state index in [-0.39, 0.29) is 29.7 Å². The number of fused-ring (bicyclic) bond motifs is 3. The van der Waals surface area contributed by atoms with Gasteiger partial charge in [-0.2, -0.15) is 0 Å². The van der Waals surface area contributed by atoms with Crippen LogP contribution >= 0.6 is 0 Å². The van der Waals surface area contributed by atoms with E-state index in [1.807, 2.05) is 17.0 Å². The molecular formula is C22H30N4O2. The normalized spacial score (nSPS) is 20.9. The molecular weight excluding hydrogens is 352 g/mol. The lowest BCUT2D eigenvalue weighted by Gasteiger charge is -2.39. The van der Waals surface area contributed by atoms with Crippen molar-refractivity contribution in [2.24, 2.45) is 5.41 Å². The number of carbonyl (C=O) groups is 2. The summed E-state index contributed by atoms with van der Waals surface area (Å²) < 4.78 is 0. The van der Waals surface area contributed by atoms with Gasteiger partial charge in [0, 0.05) is 61.3 Å². The number of amides is 2. The van der Waals surface area contributed by atoms with Crippen molar-refractivity contribution in [1.29, 1.82) is 0 Å². The van der Waals surface area contributed by atoms with Gasteiger partial charge in [0.2, 0.25) is 11.8 Å². The maximum absolute atomic E-state index is 13.1. The number of benzene rings is 1. The minimum absolute atomic E-state index is 0.0198. The van der Waals surface area contributed by atoms with Gasteiger partial charge in [0.1, 0.15) is 0 Å². The van der Waals surface area contributed by atoms with E-state index in [9.17, 15) is 9.59 Å². The molecule has 6 heteroatoms. The SMILES string of the molecule is CC(C)(C)CN1CCNC(=O)[C@@H]1CC(=O)N1CCc2[nH]c3ccccc3c2C1. The Labute approximate surface area is 166 Å². The summed E-state index contributed by atoms with van der Waals surface area (Å²) in [7, 11) is 0. The van der Waals surface area contributed by atoms with E-state index in [0.29, 0.717) is 19.6 Å². The van der Waals surface area contributed by atoms with Crippen molar-refractivity contribution in [2.45, 2.75) is 46.2 Å². The third kappa shape index (κ3) is 3.78. The van der Waals surface area contributed by atoms with Crippen LogP contribution in [0.1, 0.15) is 38.4 Å². The van der Waals surface area contributed by atoms with Gasteiger partial charge in [-0.25, -0.2) is 0 Å². The lowest BCUT2D eigenvalue weighted by molar-refractivity contribution is -0.140. The zero-order valence-corrected chi connectivity index (χ0v) is 17.0. The number of carbonyl (C=O) groups excluding carboxylic acids is 2. The summed E-state index contributed by atoms with van der Waals surface area (Å²) in [4.78, 5) is 33.2. The molecule has 2 aromatic rings.